The second-order valence-corrected chi connectivity index (χ2v) is 11.8. The second kappa shape index (κ2) is 6.79. The van der Waals surface area contributed by atoms with Gasteiger partial charge in [0.25, 0.3) is 0 Å². The zero-order valence-corrected chi connectivity index (χ0v) is 19.1. The Morgan fingerprint density at radius 3 is 2.45 bits per heavy atom. The van der Waals surface area contributed by atoms with Gasteiger partial charge in [0.1, 0.15) is 6.10 Å². The molecule has 6 atom stereocenters. The molecule has 5 rings (SSSR count). The minimum absolute atomic E-state index is 0.129. The van der Waals surface area contributed by atoms with Crippen LogP contribution in [0.3, 0.4) is 0 Å². The average Bonchev–Trinajstić information content (AvgIpc) is 3.26. The predicted molar refractivity (Wildman–Crippen MR) is 112 cm³/mol. The van der Waals surface area contributed by atoms with Crippen molar-refractivity contribution < 1.29 is 19.2 Å². The molecular weight excluding hydrogens is 364 g/mol. The van der Waals surface area contributed by atoms with E-state index in [1.54, 1.807) is 5.57 Å². The fourth-order valence-electron chi connectivity index (χ4n) is 7.75. The Kier molecular flexibility index (Phi) is 4.79. The number of hydrogen-bond donors (Lipinski definition) is 0. The maximum absolute atomic E-state index is 6.36. The highest BCUT2D eigenvalue weighted by Gasteiger charge is 2.69. The first-order valence-corrected chi connectivity index (χ1v) is 12.0. The largest absolute Gasteiger partial charge is 0.347 e. The Morgan fingerprint density at radius 2 is 1.72 bits per heavy atom. The Morgan fingerprint density at radius 1 is 0.966 bits per heavy atom. The molecule has 0 amide bonds. The van der Waals surface area contributed by atoms with Gasteiger partial charge in [-0.3, -0.25) is 0 Å². The summed E-state index contributed by atoms with van der Waals surface area (Å²) in [5.41, 5.74) is 1.46. The molecule has 1 spiro atoms. The molecule has 0 aromatic carbocycles. The standard InChI is InChI=1S/C25H40O4/c1-22(2,3)29-28-21-16-20-18(10-9-17-8-6-7-12-23(17,20)4)19-11-13-25(24(19,21)5)26-14-15-27-25/h16-19,21H,6-15H2,1-5H3. The highest BCUT2D eigenvalue weighted by molar-refractivity contribution is 5.32. The van der Waals surface area contributed by atoms with Gasteiger partial charge in [-0.1, -0.05) is 38.3 Å². The van der Waals surface area contributed by atoms with E-state index in [1.807, 2.05) is 0 Å². The van der Waals surface area contributed by atoms with Crippen LogP contribution in [0.15, 0.2) is 11.6 Å². The van der Waals surface area contributed by atoms with Crippen molar-refractivity contribution >= 4 is 0 Å². The molecule has 4 heteroatoms. The van der Waals surface area contributed by atoms with Gasteiger partial charge in [-0.25, -0.2) is 9.78 Å². The van der Waals surface area contributed by atoms with Crippen LogP contribution in [-0.4, -0.2) is 30.7 Å². The van der Waals surface area contributed by atoms with Crippen LogP contribution < -0.4 is 0 Å². The van der Waals surface area contributed by atoms with E-state index in [2.05, 4.69) is 40.7 Å². The van der Waals surface area contributed by atoms with Gasteiger partial charge in [0.2, 0.25) is 0 Å². The lowest BCUT2D eigenvalue weighted by molar-refractivity contribution is -0.400. The molecule has 0 N–H and O–H groups in total. The van der Waals surface area contributed by atoms with Crippen molar-refractivity contribution in [2.45, 2.75) is 103 Å². The Balaban J connectivity index is 1.57. The van der Waals surface area contributed by atoms with Crippen LogP contribution in [0.5, 0.6) is 0 Å². The normalized spacial score (nSPS) is 46.2. The molecule has 4 aliphatic carbocycles. The van der Waals surface area contributed by atoms with Gasteiger partial charge in [-0.05, 0) is 76.0 Å². The van der Waals surface area contributed by atoms with E-state index in [0.717, 1.165) is 18.8 Å². The minimum atomic E-state index is -0.518. The van der Waals surface area contributed by atoms with Crippen molar-refractivity contribution in [2.24, 2.45) is 28.6 Å². The third-order valence-electron chi connectivity index (χ3n) is 9.22. The molecular formula is C25H40O4. The molecule has 0 radical (unpaired) electrons. The van der Waals surface area contributed by atoms with Gasteiger partial charge in [-0.15, -0.1) is 0 Å². The highest BCUT2D eigenvalue weighted by Crippen LogP contribution is 2.68. The first kappa shape index (κ1) is 20.5. The zero-order chi connectivity index (χ0) is 20.5. The molecule has 5 aliphatic rings. The lowest BCUT2D eigenvalue weighted by Gasteiger charge is -2.58. The number of rotatable bonds is 2. The number of allylic oxidation sites excluding steroid dienone is 1. The van der Waals surface area contributed by atoms with Crippen LogP contribution in [-0.2, 0) is 19.2 Å². The topological polar surface area (TPSA) is 36.9 Å². The first-order chi connectivity index (χ1) is 13.7. The first-order valence-electron chi connectivity index (χ1n) is 12.0. The van der Waals surface area contributed by atoms with Crippen molar-refractivity contribution in [1.82, 2.24) is 0 Å². The second-order valence-electron chi connectivity index (χ2n) is 11.8. The summed E-state index contributed by atoms with van der Waals surface area (Å²) in [6.45, 7) is 12.4. The lowest BCUT2D eigenvalue weighted by Crippen LogP contribution is -2.59. The maximum Gasteiger partial charge on any atom is 0.176 e. The fourth-order valence-corrected chi connectivity index (χ4v) is 7.75. The number of ether oxygens (including phenoxy) is 2. The molecule has 29 heavy (non-hydrogen) atoms. The van der Waals surface area contributed by atoms with Crippen molar-refractivity contribution in [3.63, 3.8) is 0 Å². The van der Waals surface area contributed by atoms with Crippen LogP contribution in [0.25, 0.3) is 0 Å². The van der Waals surface area contributed by atoms with E-state index < -0.39 is 5.79 Å². The SMILES string of the molecule is CC(C)(C)OOC1C=C2C(CCC3CCCCC23C)C2CCC3(OCCO3)C12C. The summed E-state index contributed by atoms with van der Waals surface area (Å²) in [5.74, 6) is 1.49. The lowest BCUT2D eigenvalue weighted by atomic mass is 9.48. The Bertz CT molecular complexity index is 673. The minimum Gasteiger partial charge on any atom is -0.347 e. The van der Waals surface area contributed by atoms with Crippen molar-refractivity contribution in [3.05, 3.63) is 11.6 Å². The number of fused-ring (bicyclic) bond motifs is 6. The molecule has 1 heterocycles. The van der Waals surface area contributed by atoms with E-state index >= 15 is 0 Å². The smallest absolute Gasteiger partial charge is 0.176 e. The Hall–Kier alpha value is -0.420. The summed E-state index contributed by atoms with van der Waals surface area (Å²) >= 11 is 0. The summed E-state index contributed by atoms with van der Waals surface area (Å²) < 4.78 is 12.7. The summed E-state index contributed by atoms with van der Waals surface area (Å²) in [7, 11) is 0. The monoisotopic (exact) mass is 404 g/mol. The van der Waals surface area contributed by atoms with Crippen LogP contribution in [0.4, 0.5) is 0 Å². The van der Waals surface area contributed by atoms with E-state index in [-0.39, 0.29) is 17.1 Å². The molecule has 0 aromatic rings. The van der Waals surface area contributed by atoms with Gasteiger partial charge < -0.3 is 9.47 Å². The summed E-state index contributed by atoms with van der Waals surface area (Å²) in [6.07, 6.45) is 12.7. The van der Waals surface area contributed by atoms with Gasteiger partial charge in [0, 0.05) is 6.42 Å². The van der Waals surface area contributed by atoms with Crippen molar-refractivity contribution in [1.29, 1.82) is 0 Å². The molecule has 4 fully saturated rings. The summed E-state index contributed by atoms with van der Waals surface area (Å²) in [5, 5.41) is 0. The van der Waals surface area contributed by atoms with Crippen LogP contribution in [0.1, 0.15) is 86.0 Å². The van der Waals surface area contributed by atoms with E-state index in [1.165, 1.54) is 38.5 Å². The molecule has 164 valence electrons. The molecule has 4 nitrogen and oxygen atoms in total. The molecule has 0 bridgehead atoms. The van der Waals surface area contributed by atoms with Gasteiger partial charge in [0.15, 0.2) is 5.79 Å². The van der Waals surface area contributed by atoms with Crippen LogP contribution >= 0.6 is 0 Å². The van der Waals surface area contributed by atoms with Crippen molar-refractivity contribution in [3.8, 4) is 0 Å². The summed E-state index contributed by atoms with van der Waals surface area (Å²) in [4.78, 5) is 12.2. The van der Waals surface area contributed by atoms with Gasteiger partial charge in [0.05, 0.1) is 24.2 Å². The summed E-state index contributed by atoms with van der Waals surface area (Å²) in [6, 6.07) is 0. The van der Waals surface area contributed by atoms with Crippen LogP contribution in [0, 0.1) is 28.6 Å². The average molecular weight is 405 g/mol. The predicted octanol–water partition coefficient (Wildman–Crippen LogP) is 5.81. The van der Waals surface area contributed by atoms with E-state index in [0.29, 0.717) is 30.5 Å². The van der Waals surface area contributed by atoms with Crippen LogP contribution in [0.2, 0.25) is 0 Å². The van der Waals surface area contributed by atoms with Crippen molar-refractivity contribution in [2.75, 3.05) is 13.2 Å². The third kappa shape index (κ3) is 2.92. The molecule has 0 aromatic heterocycles. The van der Waals surface area contributed by atoms with E-state index in [4.69, 9.17) is 19.2 Å². The molecule has 6 unspecified atom stereocenters. The maximum atomic E-state index is 6.36. The van der Waals surface area contributed by atoms with Gasteiger partial charge in [-0.2, -0.15) is 0 Å². The zero-order valence-electron chi connectivity index (χ0n) is 19.1. The molecule has 1 aliphatic heterocycles. The van der Waals surface area contributed by atoms with E-state index in [9.17, 15) is 0 Å². The molecule has 1 saturated heterocycles. The number of hydrogen-bond acceptors (Lipinski definition) is 4. The quantitative estimate of drug-likeness (QED) is 0.331. The highest BCUT2D eigenvalue weighted by atomic mass is 17.2. The fraction of sp³-hybridized carbons (Fsp3) is 0.920. The third-order valence-corrected chi connectivity index (χ3v) is 9.22. The van der Waals surface area contributed by atoms with Gasteiger partial charge >= 0.3 is 0 Å². The molecule has 3 saturated carbocycles. The Labute approximate surface area is 176 Å².